The number of carbonyl (C=O) groups excluding carboxylic acids is 3. The van der Waals surface area contributed by atoms with Crippen molar-refractivity contribution in [1.29, 1.82) is 0 Å². The van der Waals surface area contributed by atoms with Gasteiger partial charge in [0.1, 0.15) is 11.8 Å². The van der Waals surface area contributed by atoms with Crippen molar-refractivity contribution in [3.63, 3.8) is 0 Å². The predicted octanol–water partition coefficient (Wildman–Crippen LogP) is 4.89. The van der Waals surface area contributed by atoms with Crippen molar-refractivity contribution in [2.75, 3.05) is 11.5 Å². The highest BCUT2D eigenvalue weighted by Gasteiger charge is 2.46. The third-order valence-electron chi connectivity index (χ3n) is 6.62. The standard InChI is InChI=1S/C27H32N2O4/c1-3-33-23-16-14-22(15-17-23)29-25(30)18-24(27(29)32)28(21-8-6-4-5-7-9-21)26(31)20-12-10-19(2)11-13-20/h10-17,21,24H,3-9,18H2,1-2H3. The van der Waals surface area contributed by atoms with Crippen LogP contribution < -0.4 is 9.64 Å². The van der Waals surface area contributed by atoms with Crippen LogP contribution in [-0.4, -0.2) is 41.3 Å². The van der Waals surface area contributed by atoms with Crippen molar-refractivity contribution < 1.29 is 19.1 Å². The third kappa shape index (κ3) is 4.95. The number of anilines is 1. The Balaban J connectivity index is 1.64. The topological polar surface area (TPSA) is 66.9 Å². The normalized spacial score (nSPS) is 19.5. The maximum absolute atomic E-state index is 13.7. The summed E-state index contributed by atoms with van der Waals surface area (Å²) in [5, 5.41) is 0. The zero-order valence-corrected chi connectivity index (χ0v) is 19.5. The molecule has 0 N–H and O–H groups in total. The fourth-order valence-electron chi connectivity index (χ4n) is 4.91. The Bertz CT molecular complexity index is 992. The smallest absolute Gasteiger partial charge is 0.257 e. The van der Waals surface area contributed by atoms with Crippen LogP contribution in [0.2, 0.25) is 0 Å². The molecular weight excluding hydrogens is 416 g/mol. The summed E-state index contributed by atoms with van der Waals surface area (Å²) in [5.74, 6) is -0.0773. The number of carbonyl (C=O) groups is 3. The predicted molar refractivity (Wildman–Crippen MR) is 127 cm³/mol. The number of hydrogen-bond donors (Lipinski definition) is 0. The van der Waals surface area contributed by atoms with Crippen molar-refractivity contribution in [2.45, 2.75) is 70.9 Å². The molecule has 0 radical (unpaired) electrons. The summed E-state index contributed by atoms with van der Waals surface area (Å²) in [4.78, 5) is 43.2. The van der Waals surface area contributed by atoms with Crippen LogP contribution in [0.15, 0.2) is 48.5 Å². The first-order valence-corrected chi connectivity index (χ1v) is 12.0. The molecule has 1 saturated carbocycles. The molecule has 6 heteroatoms. The van der Waals surface area contributed by atoms with Gasteiger partial charge in [-0.1, -0.05) is 43.4 Å². The average molecular weight is 449 g/mol. The number of hydrogen-bond acceptors (Lipinski definition) is 4. The van der Waals surface area contributed by atoms with Gasteiger partial charge in [0.05, 0.1) is 18.7 Å². The zero-order valence-electron chi connectivity index (χ0n) is 19.5. The summed E-state index contributed by atoms with van der Waals surface area (Å²) in [6.45, 7) is 4.42. The van der Waals surface area contributed by atoms with Gasteiger partial charge in [-0.15, -0.1) is 0 Å². The van der Waals surface area contributed by atoms with Gasteiger partial charge in [-0.3, -0.25) is 14.4 Å². The number of aryl methyl sites for hydroxylation is 1. The van der Waals surface area contributed by atoms with Crippen LogP contribution in [0.5, 0.6) is 5.75 Å². The number of rotatable bonds is 6. The van der Waals surface area contributed by atoms with E-state index in [-0.39, 0.29) is 30.2 Å². The lowest BCUT2D eigenvalue weighted by atomic mass is 10.0. The van der Waals surface area contributed by atoms with Crippen LogP contribution in [-0.2, 0) is 9.59 Å². The molecule has 2 fully saturated rings. The summed E-state index contributed by atoms with van der Waals surface area (Å²) >= 11 is 0. The molecule has 0 spiro atoms. The van der Waals surface area contributed by atoms with E-state index >= 15 is 0 Å². The molecule has 4 rings (SSSR count). The van der Waals surface area contributed by atoms with E-state index < -0.39 is 6.04 Å². The summed E-state index contributed by atoms with van der Waals surface area (Å²) < 4.78 is 5.48. The van der Waals surface area contributed by atoms with Gasteiger partial charge in [-0.2, -0.15) is 0 Å². The highest BCUT2D eigenvalue weighted by molar-refractivity contribution is 6.23. The Kier molecular flexibility index (Phi) is 7.11. The Morgan fingerprint density at radius 1 is 0.970 bits per heavy atom. The number of benzene rings is 2. The number of amides is 3. The molecule has 0 aromatic heterocycles. The highest BCUT2D eigenvalue weighted by atomic mass is 16.5. The second kappa shape index (κ2) is 10.2. The minimum Gasteiger partial charge on any atom is -0.494 e. The first kappa shape index (κ1) is 23.0. The van der Waals surface area contributed by atoms with Crippen molar-refractivity contribution in [1.82, 2.24) is 4.90 Å². The Hall–Kier alpha value is -3.15. The Morgan fingerprint density at radius 3 is 2.21 bits per heavy atom. The number of ether oxygens (including phenoxy) is 1. The second-order valence-electron chi connectivity index (χ2n) is 8.94. The quantitative estimate of drug-likeness (QED) is 0.466. The second-order valence-corrected chi connectivity index (χ2v) is 8.94. The van der Waals surface area contributed by atoms with Crippen molar-refractivity contribution >= 4 is 23.4 Å². The molecule has 1 atom stereocenters. The summed E-state index contributed by atoms with van der Waals surface area (Å²) in [6.07, 6.45) is 6.06. The molecule has 2 aromatic rings. The van der Waals surface area contributed by atoms with Crippen LogP contribution >= 0.6 is 0 Å². The Labute approximate surface area is 195 Å². The molecule has 0 bridgehead atoms. The van der Waals surface area contributed by atoms with Gasteiger partial charge in [0.15, 0.2) is 0 Å². The summed E-state index contributed by atoms with van der Waals surface area (Å²) in [5.41, 5.74) is 2.14. The summed E-state index contributed by atoms with van der Waals surface area (Å²) in [7, 11) is 0. The molecule has 1 aliphatic carbocycles. The molecule has 1 heterocycles. The lowest BCUT2D eigenvalue weighted by Crippen LogP contribution is -2.50. The first-order valence-electron chi connectivity index (χ1n) is 12.0. The molecule has 2 aliphatic rings. The van der Waals surface area contributed by atoms with Gasteiger partial charge >= 0.3 is 0 Å². The van der Waals surface area contributed by atoms with E-state index in [1.807, 2.05) is 38.1 Å². The van der Waals surface area contributed by atoms with Crippen LogP contribution in [0.4, 0.5) is 5.69 Å². The van der Waals surface area contributed by atoms with Crippen LogP contribution in [0.1, 0.15) is 67.8 Å². The Morgan fingerprint density at radius 2 is 1.61 bits per heavy atom. The summed E-state index contributed by atoms with van der Waals surface area (Å²) in [6, 6.07) is 13.6. The molecule has 1 unspecified atom stereocenters. The SMILES string of the molecule is CCOc1ccc(N2C(=O)CC(N(C(=O)c3ccc(C)cc3)C3CCCCCC3)C2=O)cc1. The van der Waals surface area contributed by atoms with Crippen molar-refractivity contribution in [3.8, 4) is 5.75 Å². The molecule has 6 nitrogen and oxygen atoms in total. The molecule has 33 heavy (non-hydrogen) atoms. The minimum atomic E-state index is -0.777. The fraction of sp³-hybridized carbons (Fsp3) is 0.444. The minimum absolute atomic E-state index is 0.0140. The van der Waals surface area contributed by atoms with E-state index in [1.165, 1.54) is 4.90 Å². The van der Waals surface area contributed by atoms with E-state index in [4.69, 9.17) is 4.74 Å². The molecule has 1 aliphatic heterocycles. The third-order valence-corrected chi connectivity index (χ3v) is 6.62. The van der Waals surface area contributed by atoms with E-state index in [9.17, 15) is 14.4 Å². The van der Waals surface area contributed by atoms with Gasteiger partial charge in [0, 0.05) is 11.6 Å². The van der Waals surface area contributed by atoms with E-state index in [0.717, 1.165) is 44.1 Å². The first-order chi connectivity index (χ1) is 16.0. The molecule has 3 amide bonds. The van der Waals surface area contributed by atoms with Crippen molar-refractivity contribution in [3.05, 3.63) is 59.7 Å². The van der Waals surface area contributed by atoms with Gasteiger partial charge in [0.2, 0.25) is 5.91 Å². The average Bonchev–Trinajstić information content (AvgIpc) is 2.98. The molecule has 174 valence electrons. The van der Waals surface area contributed by atoms with Crippen molar-refractivity contribution in [2.24, 2.45) is 0 Å². The molecular formula is C27H32N2O4. The highest BCUT2D eigenvalue weighted by Crippen LogP contribution is 2.32. The fourth-order valence-corrected chi connectivity index (χ4v) is 4.91. The number of nitrogens with zero attached hydrogens (tertiary/aromatic N) is 2. The van der Waals surface area contributed by atoms with Gasteiger partial charge in [-0.05, 0) is 63.1 Å². The van der Waals surface area contributed by atoms with Gasteiger partial charge in [-0.25, -0.2) is 4.90 Å². The molecule has 1 saturated heterocycles. The van der Waals surface area contributed by atoms with E-state index in [0.29, 0.717) is 23.6 Å². The van der Waals surface area contributed by atoms with E-state index in [2.05, 4.69) is 0 Å². The monoisotopic (exact) mass is 448 g/mol. The van der Waals surface area contributed by atoms with Gasteiger partial charge < -0.3 is 9.64 Å². The zero-order chi connectivity index (χ0) is 23.4. The molecule has 2 aromatic carbocycles. The van der Waals surface area contributed by atoms with Crippen LogP contribution in [0.3, 0.4) is 0 Å². The maximum atomic E-state index is 13.7. The van der Waals surface area contributed by atoms with E-state index in [1.54, 1.807) is 29.2 Å². The van der Waals surface area contributed by atoms with Crippen LogP contribution in [0.25, 0.3) is 0 Å². The lowest BCUT2D eigenvalue weighted by Gasteiger charge is -2.35. The number of imide groups is 1. The largest absolute Gasteiger partial charge is 0.494 e. The maximum Gasteiger partial charge on any atom is 0.257 e. The van der Waals surface area contributed by atoms with Gasteiger partial charge in [0.25, 0.3) is 11.8 Å². The lowest BCUT2D eigenvalue weighted by molar-refractivity contribution is -0.123. The van der Waals surface area contributed by atoms with Crippen LogP contribution in [0, 0.1) is 6.92 Å².